The number of fused-ring (bicyclic) bond motifs is 1. The maximum absolute atomic E-state index is 11.5. The molecular weight excluding hydrogens is 178 g/mol. The van der Waals surface area contributed by atoms with Gasteiger partial charge in [0.25, 0.3) is 0 Å². The van der Waals surface area contributed by atoms with Gasteiger partial charge in [-0.25, -0.2) is 0 Å². The summed E-state index contributed by atoms with van der Waals surface area (Å²) < 4.78 is 0. The molecule has 0 atom stereocenters. The maximum atomic E-state index is 11.5. The van der Waals surface area contributed by atoms with E-state index in [9.17, 15) is 9.90 Å². The highest BCUT2D eigenvalue weighted by Gasteiger charge is 2.21. The van der Waals surface area contributed by atoms with E-state index in [1.807, 2.05) is 6.07 Å². The lowest BCUT2D eigenvalue weighted by Gasteiger charge is -2.08. The Bertz CT molecular complexity index is 385. The minimum absolute atomic E-state index is 0.0377. The normalized spacial score (nSPS) is 14.1. The number of ketones is 1. The lowest BCUT2D eigenvalue weighted by Crippen LogP contribution is -2.15. The van der Waals surface area contributed by atoms with Gasteiger partial charge in [0.05, 0.1) is 12.1 Å². The van der Waals surface area contributed by atoms with Gasteiger partial charge in [-0.1, -0.05) is 6.07 Å². The zero-order valence-electron chi connectivity index (χ0n) is 7.92. The molecule has 3 nitrogen and oxygen atoms in total. The van der Waals surface area contributed by atoms with E-state index in [1.165, 1.54) is 5.56 Å². The van der Waals surface area contributed by atoms with Gasteiger partial charge in [0, 0.05) is 0 Å². The first-order valence-electron chi connectivity index (χ1n) is 4.81. The van der Waals surface area contributed by atoms with E-state index in [-0.39, 0.29) is 18.1 Å². The van der Waals surface area contributed by atoms with E-state index in [0.29, 0.717) is 5.56 Å². The summed E-state index contributed by atoms with van der Waals surface area (Å²) in [5.74, 6) is -0.0950. The fourth-order valence-electron chi connectivity index (χ4n) is 2.07. The van der Waals surface area contributed by atoms with Gasteiger partial charge in [-0.05, 0) is 36.5 Å². The van der Waals surface area contributed by atoms with Crippen LogP contribution in [-0.2, 0) is 12.8 Å². The molecule has 0 amide bonds. The number of aromatic hydroxyl groups is 1. The van der Waals surface area contributed by atoms with Crippen LogP contribution in [0.25, 0.3) is 0 Å². The van der Waals surface area contributed by atoms with E-state index in [2.05, 4.69) is 0 Å². The summed E-state index contributed by atoms with van der Waals surface area (Å²) in [4.78, 5) is 11.5. The third-order valence-corrected chi connectivity index (χ3v) is 2.73. The molecule has 2 rings (SSSR count). The molecule has 0 bridgehead atoms. The standard InChI is InChI=1S/C11H13NO2/c12-6-10(14)11-8-3-1-2-7(8)4-5-9(11)13/h4-5,13H,1-3,6,12H2. The van der Waals surface area contributed by atoms with Crippen LogP contribution in [0.4, 0.5) is 0 Å². The van der Waals surface area contributed by atoms with E-state index in [0.717, 1.165) is 24.8 Å². The Labute approximate surface area is 82.5 Å². The van der Waals surface area contributed by atoms with Crippen molar-refractivity contribution in [2.24, 2.45) is 5.73 Å². The van der Waals surface area contributed by atoms with Gasteiger partial charge in [-0.2, -0.15) is 0 Å². The molecule has 1 aliphatic rings. The summed E-state index contributed by atoms with van der Waals surface area (Å²) >= 11 is 0. The Kier molecular flexibility index (Phi) is 2.25. The second-order valence-corrected chi connectivity index (χ2v) is 3.58. The van der Waals surface area contributed by atoms with Gasteiger partial charge in [0.2, 0.25) is 0 Å². The number of nitrogens with two attached hydrogens (primary N) is 1. The van der Waals surface area contributed by atoms with Crippen molar-refractivity contribution in [2.75, 3.05) is 6.54 Å². The van der Waals surface area contributed by atoms with Crippen LogP contribution in [0.1, 0.15) is 27.9 Å². The van der Waals surface area contributed by atoms with Crippen LogP contribution >= 0.6 is 0 Å². The van der Waals surface area contributed by atoms with Gasteiger partial charge in [-0.3, -0.25) is 4.79 Å². The Hall–Kier alpha value is -1.35. The van der Waals surface area contributed by atoms with Gasteiger partial charge in [0.1, 0.15) is 5.75 Å². The van der Waals surface area contributed by atoms with Crippen molar-refractivity contribution in [3.05, 3.63) is 28.8 Å². The second kappa shape index (κ2) is 3.42. The van der Waals surface area contributed by atoms with E-state index < -0.39 is 0 Å². The Balaban J connectivity index is 2.57. The average Bonchev–Trinajstić information content (AvgIpc) is 2.64. The molecule has 1 aliphatic carbocycles. The lowest BCUT2D eigenvalue weighted by molar-refractivity contribution is 0.0998. The third-order valence-electron chi connectivity index (χ3n) is 2.73. The Morgan fingerprint density at radius 2 is 2.21 bits per heavy atom. The van der Waals surface area contributed by atoms with E-state index in [1.54, 1.807) is 6.07 Å². The Morgan fingerprint density at radius 1 is 1.43 bits per heavy atom. The molecule has 0 saturated heterocycles. The molecule has 0 heterocycles. The highest BCUT2D eigenvalue weighted by molar-refractivity contribution is 6.01. The van der Waals surface area contributed by atoms with Crippen LogP contribution in [0.3, 0.4) is 0 Å². The molecular formula is C11H13NO2. The Morgan fingerprint density at radius 3 is 2.93 bits per heavy atom. The first kappa shape index (κ1) is 9.21. The van der Waals surface area contributed by atoms with E-state index >= 15 is 0 Å². The summed E-state index contributed by atoms with van der Waals surface area (Å²) in [7, 11) is 0. The zero-order chi connectivity index (χ0) is 10.1. The predicted molar refractivity (Wildman–Crippen MR) is 53.5 cm³/mol. The fourth-order valence-corrected chi connectivity index (χ4v) is 2.07. The smallest absolute Gasteiger partial charge is 0.180 e. The highest BCUT2D eigenvalue weighted by Crippen LogP contribution is 2.31. The van der Waals surface area contributed by atoms with Crippen LogP contribution in [0.2, 0.25) is 0 Å². The van der Waals surface area contributed by atoms with Gasteiger partial charge in [0.15, 0.2) is 5.78 Å². The average molecular weight is 191 g/mol. The topological polar surface area (TPSA) is 63.3 Å². The second-order valence-electron chi connectivity index (χ2n) is 3.58. The van der Waals surface area contributed by atoms with Crippen LogP contribution in [0.5, 0.6) is 5.75 Å². The SMILES string of the molecule is NCC(=O)c1c(O)ccc2c1CCC2. The quantitative estimate of drug-likeness (QED) is 0.686. The largest absolute Gasteiger partial charge is 0.507 e. The van der Waals surface area contributed by atoms with Crippen molar-refractivity contribution in [3.63, 3.8) is 0 Å². The number of phenols is 1. The van der Waals surface area contributed by atoms with Gasteiger partial charge < -0.3 is 10.8 Å². The first-order chi connectivity index (χ1) is 6.74. The number of hydrogen-bond acceptors (Lipinski definition) is 3. The molecule has 0 spiro atoms. The number of carbonyl (C=O) groups is 1. The summed E-state index contributed by atoms with van der Waals surface area (Å²) in [6, 6.07) is 3.48. The molecule has 0 unspecified atom stereocenters. The molecule has 3 N–H and O–H groups in total. The number of aryl methyl sites for hydroxylation is 1. The monoisotopic (exact) mass is 191 g/mol. The molecule has 14 heavy (non-hydrogen) atoms. The first-order valence-corrected chi connectivity index (χ1v) is 4.81. The summed E-state index contributed by atoms with van der Waals surface area (Å²) in [6.45, 7) is -0.0377. The fraction of sp³-hybridized carbons (Fsp3) is 0.364. The van der Waals surface area contributed by atoms with Gasteiger partial charge in [-0.15, -0.1) is 0 Å². The molecule has 1 aromatic carbocycles. The van der Waals surface area contributed by atoms with Crippen molar-refractivity contribution in [1.29, 1.82) is 0 Å². The molecule has 0 aliphatic heterocycles. The van der Waals surface area contributed by atoms with Crippen LogP contribution in [0.15, 0.2) is 12.1 Å². The maximum Gasteiger partial charge on any atom is 0.180 e. The summed E-state index contributed by atoms with van der Waals surface area (Å²) in [5, 5.41) is 9.60. The lowest BCUT2D eigenvalue weighted by atomic mass is 9.99. The van der Waals surface area contributed by atoms with Crippen LogP contribution < -0.4 is 5.73 Å². The van der Waals surface area contributed by atoms with Crippen molar-refractivity contribution in [3.8, 4) is 5.75 Å². The minimum Gasteiger partial charge on any atom is -0.507 e. The van der Waals surface area contributed by atoms with Crippen molar-refractivity contribution < 1.29 is 9.90 Å². The molecule has 0 aromatic heterocycles. The molecule has 0 fully saturated rings. The number of benzene rings is 1. The zero-order valence-corrected chi connectivity index (χ0v) is 7.92. The highest BCUT2D eigenvalue weighted by atomic mass is 16.3. The molecule has 3 heteroatoms. The minimum atomic E-state index is -0.166. The number of carbonyl (C=O) groups excluding carboxylic acids is 1. The molecule has 74 valence electrons. The molecule has 0 saturated carbocycles. The number of Topliss-reactive ketones (excluding diaryl/α,β-unsaturated/α-hetero) is 1. The van der Waals surface area contributed by atoms with E-state index in [4.69, 9.17) is 5.73 Å². The van der Waals surface area contributed by atoms with Crippen LogP contribution in [-0.4, -0.2) is 17.4 Å². The van der Waals surface area contributed by atoms with Crippen molar-refractivity contribution >= 4 is 5.78 Å². The molecule has 0 radical (unpaired) electrons. The van der Waals surface area contributed by atoms with Crippen LogP contribution in [0, 0.1) is 0 Å². The van der Waals surface area contributed by atoms with Crippen molar-refractivity contribution in [1.82, 2.24) is 0 Å². The molecule has 1 aromatic rings. The predicted octanol–water partition coefficient (Wildman–Crippen LogP) is 1.02. The van der Waals surface area contributed by atoms with Crippen molar-refractivity contribution in [2.45, 2.75) is 19.3 Å². The summed E-state index contributed by atoms with van der Waals surface area (Å²) in [6.07, 6.45) is 2.94. The van der Waals surface area contributed by atoms with Gasteiger partial charge >= 0.3 is 0 Å². The number of hydrogen-bond donors (Lipinski definition) is 2. The summed E-state index contributed by atoms with van der Waals surface area (Å²) in [5.41, 5.74) is 7.93. The number of rotatable bonds is 2. The number of phenolic OH excluding ortho intramolecular Hbond substituents is 1. The third kappa shape index (κ3) is 1.30.